The van der Waals surface area contributed by atoms with E-state index >= 15 is 0 Å². The number of benzene rings is 2. The van der Waals surface area contributed by atoms with Crippen LogP contribution in [0.1, 0.15) is 10.4 Å². The van der Waals surface area contributed by atoms with Gasteiger partial charge in [0.1, 0.15) is 5.76 Å². The van der Waals surface area contributed by atoms with E-state index in [0.29, 0.717) is 16.7 Å². The lowest BCUT2D eigenvalue weighted by molar-refractivity contribution is 0.0697. The van der Waals surface area contributed by atoms with E-state index in [1.165, 1.54) is 18.2 Å². The highest BCUT2D eigenvalue weighted by atomic mass is 19.1. The summed E-state index contributed by atoms with van der Waals surface area (Å²) in [6.45, 7) is 0. The summed E-state index contributed by atoms with van der Waals surface area (Å²) >= 11 is 0. The van der Waals surface area contributed by atoms with E-state index in [9.17, 15) is 9.18 Å². The van der Waals surface area contributed by atoms with E-state index in [-0.39, 0.29) is 11.1 Å². The molecule has 0 saturated carbocycles. The zero-order valence-corrected chi connectivity index (χ0v) is 9.76. The molecular weight excluding hydrogens is 247 g/mol. The van der Waals surface area contributed by atoms with Gasteiger partial charge in [0.15, 0.2) is 11.4 Å². The second kappa shape index (κ2) is 4.24. The molecule has 0 spiro atoms. The Hall–Kier alpha value is -2.62. The van der Waals surface area contributed by atoms with Gasteiger partial charge in [-0.25, -0.2) is 9.18 Å². The Bertz CT molecular complexity index is 757. The summed E-state index contributed by atoms with van der Waals surface area (Å²) in [5, 5.41) is 9.50. The van der Waals surface area contributed by atoms with Crippen molar-refractivity contribution in [2.24, 2.45) is 0 Å². The first-order chi connectivity index (χ1) is 9.15. The summed E-state index contributed by atoms with van der Waals surface area (Å²) in [6.07, 6.45) is 0. The Morgan fingerprint density at radius 2 is 1.84 bits per heavy atom. The van der Waals surface area contributed by atoms with E-state index < -0.39 is 11.8 Å². The smallest absolute Gasteiger partial charge is 0.335 e. The monoisotopic (exact) mass is 256 g/mol. The van der Waals surface area contributed by atoms with Gasteiger partial charge in [-0.3, -0.25) is 0 Å². The summed E-state index contributed by atoms with van der Waals surface area (Å²) in [4.78, 5) is 10.8. The average molecular weight is 256 g/mol. The van der Waals surface area contributed by atoms with Crippen LogP contribution in [0.3, 0.4) is 0 Å². The van der Waals surface area contributed by atoms with Gasteiger partial charge in [-0.2, -0.15) is 0 Å². The molecule has 0 aliphatic carbocycles. The largest absolute Gasteiger partial charge is 0.478 e. The van der Waals surface area contributed by atoms with E-state index in [1.54, 1.807) is 30.3 Å². The van der Waals surface area contributed by atoms with Gasteiger partial charge in [0.2, 0.25) is 0 Å². The van der Waals surface area contributed by atoms with Crippen LogP contribution in [0.25, 0.3) is 22.3 Å². The van der Waals surface area contributed by atoms with Gasteiger partial charge in [0.25, 0.3) is 0 Å². The Labute approximate surface area is 107 Å². The number of carboxylic acids is 1. The molecule has 0 radical (unpaired) electrons. The van der Waals surface area contributed by atoms with Crippen LogP contribution < -0.4 is 0 Å². The van der Waals surface area contributed by atoms with E-state index in [1.807, 2.05) is 0 Å². The molecule has 0 fully saturated rings. The number of furan rings is 1. The van der Waals surface area contributed by atoms with Gasteiger partial charge in [-0.05, 0) is 24.3 Å². The van der Waals surface area contributed by atoms with Gasteiger partial charge in [0.05, 0.1) is 5.56 Å². The molecule has 2 aromatic carbocycles. The van der Waals surface area contributed by atoms with Crippen LogP contribution in [-0.2, 0) is 0 Å². The van der Waals surface area contributed by atoms with Crippen LogP contribution in [0.2, 0.25) is 0 Å². The molecule has 0 atom stereocenters. The third-order valence-corrected chi connectivity index (χ3v) is 2.91. The van der Waals surface area contributed by atoms with E-state index in [0.717, 1.165) is 0 Å². The number of fused-ring (bicyclic) bond motifs is 1. The third kappa shape index (κ3) is 1.97. The number of carboxylic acid groups (broad SMARTS) is 1. The van der Waals surface area contributed by atoms with Crippen molar-refractivity contribution in [1.82, 2.24) is 0 Å². The highest BCUT2D eigenvalue weighted by Gasteiger charge is 2.10. The minimum absolute atomic E-state index is 0.200. The second-order valence-corrected chi connectivity index (χ2v) is 4.15. The second-order valence-electron chi connectivity index (χ2n) is 4.15. The number of hydrogen-bond donors (Lipinski definition) is 1. The van der Waals surface area contributed by atoms with Gasteiger partial charge >= 0.3 is 5.97 Å². The molecule has 1 N–H and O–H groups in total. The molecule has 94 valence electrons. The standard InChI is InChI=1S/C15H9FO3/c16-12-3-1-2-11-8-13(19-14(11)12)9-4-6-10(7-5-9)15(17)18/h1-8H,(H,17,18). The first-order valence-corrected chi connectivity index (χ1v) is 5.67. The molecule has 3 nitrogen and oxygen atoms in total. The molecule has 0 unspecified atom stereocenters. The zero-order chi connectivity index (χ0) is 13.4. The highest BCUT2D eigenvalue weighted by Crippen LogP contribution is 2.29. The summed E-state index contributed by atoms with van der Waals surface area (Å²) in [5.41, 5.74) is 1.12. The summed E-state index contributed by atoms with van der Waals surface area (Å²) in [6, 6.07) is 12.7. The average Bonchev–Trinajstić information content (AvgIpc) is 2.84. The first-order valence-electron chi connectivity index (χ1n) is 5.67. The number of halogens is 1. The van der Waals surface area contributed by atoms with Gasteiger partial charge in [-0.15, -0.1) is 0 Å². The quantitative estimate of drug-likeness (QED) is 0.755. The minimum atomic E-state index is -0.984. The van der Waals surface area contributed by atoms with E-state index in [2.05, 4.69) is 0 Å². The number of rotatable bonds is 2. The van der Waals surface area contributed by atoms with Gasteiger partial charge in [0, 0.05) is 10.9 Å². The lowest BCUT2D eigenvalue weighted by atomic mass is 10.1. The summed E-state index contributed by atoms with van der Waals surface area (Å²) in [7, 11) is 0. The Kier molecular flexibility index (Phi) is 2.56. The lowest BCUT2D eigenvalue weighted by Crippen LogP contribution is -1.94. The molecule has 19 heavy (non-hydrogen) atoms. The molecular formula is C15H9FO3. The van der Waals surface area contributed by atoms with Crippen LogP contribution in [-0.4, -0.2) is 11.1 Å². The van der Waals surface area contributed by atoms with Crippen LogP contribution in [0.15, 0.2) is 52.9 Å². The molecule has 0 amide bonds. The molecule has 3 aromatic rings. The van der Waals surface area contributed by atoms with Crippen molar-refractivity contribution in [2.45, 2.75) is 0 Å². The van der Waals surface area contributed by atoms with Crippen LogP contribution in [0, 0.1) is 5.82 Å². The molecule has 0 aliphatic rings. The minimum Gasteiger partial charge on any atom is -0.478 e. The Balaban J connectivity index is 2.09. The fraction of sp³-hybridized carbons (Fsp3) is 0. The molecule has 3 rings (SSSR count). The zero-order valence-electron chi connectivity index (χ0n) is 9.76. The Morgan fingerprint density at radius 3 is 2.47 bits per heavy atom. The first kappa shape index (κ1) is 11.5. The predicted octanol–water partition coefficient (Wildman–Crippen LogP) is 3.94. The number of hydrogen-bond acceptors (Lipinski definition) is 2. The van der Waals surface area contributed by atoms with Crippen LogP contribution >= 0.6 is 0 Å². The van der Waals surface area contributed by atoms with Crippen molar-refractivity contribution in [1.29, 1.82) is 0 Å². The van der Waals surface area contributed by atoms with Crippen molar-refractivity contribution in [3.05, 3.63) is 59.9 Å². The molecule has 1 aromatic heterocycles. The van der Waals surface area contributed by atoms with Crippen LogP contribution in [0.4, 0.5) is 4.39 Å². The molecule has 4 heteroatoms. The SMILES string of the molecule is O=C(O)c1ccc(-c2cc3cccc(F)c3o2)cc1. The normalized spacial score (nSPS) is 10.8. The van der Waals surface area contributed by atoms with Crippen molar-refractivity contribution >= 4 is 16.9 Å². The Morgan fingerprint density at radius 1 is 1.11 bits per heavy atom. The molecule has 1 heterocycles. The van der Waals surface area contributed by atoms with Gasteiger partial charge < -0.3 is 9.52 Å². The fourth-order valence-corrected chi connectivity index (χ4v) is 1.95. The number of carbonyl (C=O) groups is 1. The molecule has 0 saturated heterocycles. The maximum Gasteiger partial charge on any atom is 0.335 e. The lowest BCUT2D eigenvalue weighted by Gasteiger charge is -1.97. The summed E-state index contributed by atoms with van der Waals surface area (Å²) in [5.74, 6) is -0.884. The third-order valence-electron chi connectivity index (χ3n) is 2.91. The highest BCUT2D eigenvalue weighted by molar-refractivity contribution is 5.88. The van der Waals surface area contributed by atoms with Gasteiger partial charge in [-0.1, -0.05) is 24.3 Å². The fourth-order valence-electron chi connectivity index (χ4n) is 1.95. The van der Waals surface area contributed by atoms with Crippen molar-refractivity contribution in [2.75, 3.05) is 0 Å². The van der Waals surface area contributed by atoms with Crippen molar-refractivity contribution in [3.8, 4) is 11.3 Å². The topological polar surface area (TPSA) is 50.4 Å². The number of para-hydroxylation sites is 1. The van der Waals surface area contributed by atoms with Crippen LogP contribution in [0.5, 0.6) is 0 Å². The van der Waals surface area contributed by atoms with Crippen molar-refractivity contribution in [3.63, 3.8) is 0 Å². The summed E-state index contributed by atoms with van der Waals surface area (Å²) < 4.78 is 19.0. The predicted molar refractivity (Wildman–Crippen MR) is 68.6 cm³/mol. The van der Waals surface area contributed by atoms with Crippen molar-refractivity contribution < 1.29 is 18.7 Å². The maximum absolute atomic E-state index is 13.5. The maximum atomic E-state index is 13.5. The van der Waals surface area contributed by atoms with E-state index in [4.69, 9.17) is 9.52 Å². The number of aromatic carboxylic acids is 1. The molecule has 0 bridgehead atoms. The molecule has 0 aliphatic heterocycles.